The van der Waals surface area contributed by atoms with E-state index in [9.17, 15) is 4.79 Å². The lowest BCUT2D eigenvalue weighted by atomic mass is 10.2. The van der Waals surface area contributed by atoms with Crippen molar-refractivity contribution in [1.29, 1.82) is 0 Å². The Bertz CT molecular complexity index is 436. The van der Waals surface area contributed by atoms with Gasteiger partial charge in [-0.3, -0.25) is 10.6 Å². The van der Waals surface area contributed by atoms with Crippen molar-refractivity contribution in [2.45, 2.75) is 26.7 Å². The summed E-state index contributed by atoms with van der Waals surface area (Å²) in [6, 6.07) is 0. The van der Waals surface area contributed by atoms with Gasteiger partial charge in [0.25, 0.3) is 5.91 Å². The number of aliphatic hydroxyl groups is 1. The van der Waals surface area contributed by atoms with Crippen LogP contribution < -0.4 is 11.3 Å². The standard InChI is InChI=1S/C12H21N5O2/c1-4-17(5-6-18)12(19)10-9(16-13)7-14-11(15-10)8(2)3/h7-8,16,18H,4-6,13H2,1-3H3. The molecular formula is C12H21N5O2. The highest BCUT2D eigenvalue weighted by Gasteiger charge is 2.20. The number of hydrogen-bond acceptors (Lipinski definition) is 6. The summed E-state index contributed by atoms with van der Waals surface area (Å²) >= 11 is 0. The number of nitrogens with two attached hydrogens (primary N) is 1. The topological polar surface area (TPSA) is 104 Å². The van der Waals surface area contributed by atoms with Crippen LogP contribution in [0.4, 0.5) is 5.69 Å². The molecule has 0 saturated carbocycles. The molecule has 1 heterocycles. The number of nitrogen functional groups attached to an aromatic ring is 1. The fourth-order valence-electron chi connectivity index (χ4n) is 1.62. The Labute approximate surface area is 112 Å². The van der Waals surface area contributed by atoms with Gasteiger partial charge in [0, 0.05) is 19.0 Å². The number of amides is 1. The molecule has 0 aromatic carbocycles. The first-order valence-corrected chi connectivity index (χ1v) is 6.28. The Balaban J connectivity index is 3.14. The summed E-state index contributed by atoms with van der Waals surface area (Å²) in [6.07, 6.45) is 1.50. The number of anilines is 1. The maximum absolute atomic E-state index is 12.3. The number of hydrogen-bond donors (Lipinski definition) is 3. The van der Waals surface area contributed by atoms with Crippen LogP contribution in [0.3, 0.4) is 0 Å². The summed E-state index contributed by atoms with van der Waals surface area (Å²) in [4.78, 5) is 22.3. The van der Waals surface area contributed by atoms with Gasteiger partial charge in [-0.15, -0.1) is 0 Å². The minimum atomic E-state index is -0.270. The Kier molecular flexibility index (Phi) is 5.65. The average molecular weight is 267 g/mol. The van der Waals surface area contributed by atoms with E-state index in [-0.39, 0.29) is 30.7 Å². The van der Waals surface area contributed by atoms with Crippen LogP contribution in [0.2, 0.25) is 0 Å². The molecule has 0 aliphatic carbocycles. The summed E-state index contributed by atoms with van der Waals surface area (Å²) in [5.74, 6) is 5.81. The number of aliphatic hydroxyl groups excluding tert-OH is 1. The van der Waals surface area contributed by atoms with Gasteiger partial charge in [-0.1, -0.05) is 13.8 Å². The molecule has 1 amide bonds. The van der Waals surface area contributed by atoms with Crippen molar-refractivity contribution in [2.75, 3.05) is 25.1 Å². The third kappa shape index (κ3) is 3.62. The normalized spacial score (nSPS) is 10.6. The molecule has 19 heavy (non-hydrogen) atoms. The van der Waals surface area contributed by atoms with Gasteiger partial charge in [-0.25, -0.2) is 9.97 Å². The summed E-state index contributed by atoms with van der Waals surface area (Å²) in [5, 5.41) is 8.97. The Morgan fingerprint density at radius 2 is 2.26 bits per heavy atom. The largest absolute Gasteiger partial charge is 0.395 e. The molecule has 0 unspecified atom stereocenters. The third-order valence-electron chi connectivity index (χ3n) is 2.72. The fraction of sp³-hybridized carbons (Fsp3) is 0.583. The van der Waals surface area contributed by atoms with Gasteiger partial charge in [-0.2, -0.15) is 0 Å². The van der Waals surface area contributed by atoms with Crippen LogP contribution in [0.1, 0.15) is 43.0 Å². The predicted molar refractivity (Wildman–Crippen MR) is 72.6 cm³/mol. The maximum atomic E-state index is 12.3. The molecule has 0 aliphatic rings. The number of nitrogens with zero attached hydrogens (tertiary/aromatic N) is 3. The number of hydrazine groups is 1. The van der Waals surface area contributed by atoms with Crippen LogP contribution in [0.15, 0.2) is 6.20 Å². The number of aromatic nitrogens is 2. The van der Waals surface area contributed by atoms with Crippen LogP contribution in [-0.2, 0) is 0 Å². The van der Waals surface area contributed by atoms with E-state index in [1.165, 1.54) is 11.1 Å². The summed E-state index contributed by atoms with van der Waals surface area (Å²) in [6.45, 7) is 6.40. The van der Waals surface area contributed by atoms with Gasteiger partial charge >= 0.3 is 0 Å². The fourth-order valence-corrected chi connectivity index (χ4v) is 1.62. The van der Waals surface area contributed by atoms with Crippen molar-refractivity contribution in [1.82, 2.24) is 14.9 Å². The van der Waals surface area contributed by atoms with Crippen molar-refractivity contribution in [3.05, 3.63) is 17.7 Å². The van der Waals surface area contributed by atoms with Crippen molar-refractivity contribution in [2.24, 2.45) is 5.84 Å². The molecule has 0 fully saturated rings. The Hall–Kier alpha value is -1.73. The van der Waals surface area contributed by atoms with Crippen LogP contribution in [-0.4, -0.2) is 45.6 Å². The summed E-state index contributed by atoms with van der Waals surface area (Å²) in [7, 11) is 0. The van der Waals surface area contributed by atoms with E-state index in [2.05, 4.69) is 15.4 Å². The number of likely N-dealkylation sites (N-methyl/N-ethyl adjacent to an activating group) is 1. The SMILES string of the molecule is CCN(CCO)C(=O)c1nc(C(C)C)ncc1NN. The molecular weight excluding hydrogens is 246 g/mol. The molecule has 0 radical (unpaired) electrons. The van der Waals surface area contributed by atoms with Crippen LogP contribution in [0.25, 0.3) is 0 Å². The van der Waals surface area contributed by atoms with E-state index < -0.39 is 0 Å². The molecule has 7 heteroatoms. The van der Waals surface area contributed by atoms with Gasteiger partial charge in [0.2, 0.25) is 0 Å². The Morgan fingerprint density at radius 1 is 1.58 bits per heavy atom. The van der Waals surface area contributed by atoms with E-state index in [4.69, 9.17) is 10.9 Å². The second-order valence-corrected chi connectivity index (χ2v) is 4.40. The first-order valence-electron chi connectivity index (χ1n) is 6.28. The third-order valence-corrected chi connectivity index (χ3v) is 2.72. The van der Waals surface area contributed by atoms with Crippen LogP contribution >= 0.6 is 0 Å². The van der Waals surface area contributed by atoms with Crippen LogP contribution in [0.5, 0.6) is 0 Å². The van der Waals surface area contributed by atoms with E-state index in [0.717, 1.165) is 0 Å². The lowest BCUT2D eigenvalue weighted by Crippen LogP contribution is -2.35. The van der Waals surface area contributed by atoms with Gasteiger partial charge in [0.15, 0.2) is 5.69 Å². The van der Waals surface area contributed by atoms with Gasteiger partial charge in [-0.05, 0) is 6.92 Å². The van der Waals surface area contributed by atoms with Gasteiger partial charge < -0.3 is 15.4 Å². The summed E-state index contributed by atoms with van der Waals surface area (Å²) < 4.78 is 0. The first-order chi connectivity index (χ1) is 9.04. The lowest BCUT2D eigenvalue weighted by Gasteiger charge is -2.20. The highest BCUT2D eigenvalue weighted by molar-refractivity contribution is 5.97. The average Bonchev–Trinajstić information content (AvgIpc) is 2.43. The molecule has 1 rings (SSSR count). The number of nitrogens with one attached hydrogen (secondary N) is 1. The maximum Gasteiger partial charge on any atom is 0.274 e. The van der Waals surface area contributed by atoms with E-state index >= 15 is 0 Å². The molecule has 106 valence electrons. The van der Waals surface area contributed by atoms with E-state index in [1.807, 2.05) is 20.8 Å². The van der Waals surface area contributed by atoms with Crippen molar-refractivity contribution in [3.8, 4) is 0 Å². The van der Waals surface area contributed by atoms with Crippen LogP contribution in [0, 0.1) is 0 Å². The van der Waals surface area contributed by atoms with Gasteiger partial charge in [0.1, 0.15) is 5.82 Å². The molecule has 0 spiro atoms. The predicted octanol–water partition coefficient (Wildman–Crippen LogP) is 0.340. The highest BCUT2D eigenvalue weighted by atomic mass is 16.3. The molecule has 0 atom stereocenters. The monoisotopic (exact) mass is 267 g/mol. The Morgan fingerprint density at radius 3 is 2.74 bits per heavy atom. The smallest absolute Gasteiger partial charge is 0.274 e. The van der Waals surface area contributed by atoms with Gasteiger partial charge in [0.05, 0.1) is 18.5 Å². The molecule has 0 aliphatic heterocycles. The van der Waals surface area contributed by atoms with Crippen molar-refractivity contribution < 1.29 is 9.90 Å². The lowest BCUT2D eigenvalue weighted by molar-refractivity contribution is 0.0726. The zero-order valence-electron chi connectivity index (χ0n) is 11.6. The summed E-state index contributed by atoms with van der Waals surface area (Å²) in [5.41, 5.74) is 3.04. The molecule has 4 N–H and O–H groups in total. The molecule has 1 aromatic rings. The van der Waals surface area contributed by atoms with Crippen molar-refractivity contribution in [3.63, 3.8) is 0 Å². The number of carbonyl (C=O) groups is 1. The second kappa shape index (κ2) is 7.01. The van der Waals surface area contributed by atoms with Crippen molar-refractivity contribution >= 4 is 11.6 Å². The second-order valence-electron chi connectivity index (χ2n) is 4.40. The zero-order valence-corrected chi connectivity index (χ0v) is 11.6. The molecule has 0 bridgehead atoms. The minimum absolute atomic E-state index is 0.0902. The quantitative estimate of drug-likeness (QED) is 0.507. The highest BCUT2D eigenvalue weighted by Crippen LogP contribution is 2.17. The first kappa shape index (κ1) is 15.3. The molecule has 1 aromatic heterocycles. The minimum Gasteiger partial charge on any atom is -0.395 e. The van der Waals surface area contributed by atoms with E-state index in [1.54, 1.807) is 0 Å². The molecule has 0 saturated heterocycles. The number of carbonyl (C=O) groups excluding carboxylic acids is 1. The molecule has 7 nitrogen and oxygen atoms in total. The zero-order chi connectivity index (χ0) is 14.4. The number of rotatable bonds is 6. The van der Waals surface area contributed by atoms with E-state index in [0.29, 0.717) is 18.1 Å².